The van der Waals surface area contributed by atoms with Crippen LogP contribution in [0.3, 0.4) is 0 Å². The van der Waals surface area contributed by atoms with Crippen molar-refractivity contribution >= 4 is 5.97 Å². The van der Waals surface area contributed by atoms with Crippen LogP contribution in [0, 0.1) is 0 Å². The molecule has 0 bridgehead atoms. The van der Waals surface area contributed by atoms with Gasteiger partial charge in [0.2, 0.25) is 0 Å². The van der Waals surface area contributed by atoms with Crippen LogP contribution in [0.2, 0.25) is 0 Å². The average molecular weight is 362 g/mol. The van der Waals surface area contributed by atoms with Gasteiger partial charge in [-0.1, -0.05) is 6.58 Å². The second-order valence-electron chi connectivity index (χ2n) is 6.27. The van der Waals surface area contributed by atoms with Gasteiger partial charge in [0, 0.05) is 5.57 Å². The lowest BCUT2D eigenvalue weighted by molar-refractivity contribution is -0.141. The Hall–Kier alpha value is -0.990. The van der Waals surface area contributed by atoms with Crippen molar-refractivity contribution in [1.82, 2.24) is 0 Å². The Morgan fingerprint density at radius 3 is 1.84 bits per heavy atom. The number of ether oxygens (including phenoxy) is 5. The van der Waals surface area contributed by atoms with Crippen LogP contribution in [-0.2, 0) is 28.5 Å². The van der Waals surface area contributed by atoms with Gasteiger partial charge in [-0.2, -0.15) is 0 Å². The molecule has 0 spiro atoms. The van der Waals surface area contributed by atoms with Gasteiger partial charge in [-0.25, -0.2) is 4.79 Å². The minimum absolute atomic E-state index is 0.0726. The maximum Gasteiger partial charge on any atom is 0.333 e. The lowest BCUT2D eigenvalue weighted by Gasteiger charge is -2.20. The normalized spacial score (nSPS) is 16.1. The Bertz CT molecular complexity index is 370. The molecule has 0 radical (unpaired) electrons. The van der Waals surface area contributed by atoms with Crippen LogP contribution in [0.1, 0.15) is 34.6 Å². The summed E-state index contributed by atoms with van der Waals surface area (Å²) < 4.78 is 27.0. The highest BCUT2D eigenvalue weighted by Crippen LogP contribution is 2.01. The van der Waals surface area contributed by atoms with Gasteiger partial charge in [-0.05, 0) is 34.6 Å². The van der Waals surface area contributed by atoms with E-state index in [1.165, 1.54) is 0 Å². The largest absolute Gasteiger partial charge is 0.460 e. The van der Waals surface area contributed by atoms with E-state index in [0.717, 1.165) is 0 Å². The van der Waals surface area contributed by atoms with E-state index in [0.29, 0.717) is 38.6 Å². The van der Waals surface area contributed by atoms with Crippen LogP contribution in [0.4, 0.5) is 0 Å². The van der Waals surface area contributed by atoms with Crippen molar-refractivity contribution in [1.29, 1.82) is 0 Å². The molecule has 0 aromatic rings. The molecule has 0 aromatic carbocycles. The van der Waals surface area contributed by atoms with Gasteiger partial charge >= 0.3 is 5.97 Å². The van der Waals surface area contributed by atoms with Gasteiger partial charge in [0.15, 0.2) is 0 Å². The Labute approximate surface area is 151 Å². The third-order valence-corrected chi connectivity index (χ3v) is 3.01. The van der Waals surface area contributed by atoms with Gasteiger partial charge in [-0.15, -0.1) is 0 Å². The highest BCUT2D eigenvalue weighted by Gasteiger charge is 2.11. The van der Waals surface area contributed by atoms with E-state index in [9.17, 15) is 4.79 Å². The molecule has 0 amide bonds. The fraction of sp³-hybridized carbons (Fsp3) is 0.833. The Morgan fingerprint density at radius 2 is 1.36 bits per heavy atom. The van der Waals surface area contributed by atoms with Crippen LogP contribution in [0.5, 0.6) is 0 Å². The predicted molar refractivity (Wildman–Crippen MR) is 94.5 cm³/mol. The van der Waals surface area contributed by atoms with Gasteiger partial charge in [0.25, 0.3) is 0 Å². The summed E-state index contributed by atoms with van der Waals surface area (Å²) >= 11 is 0. The van der Waals surface area contributed by atoms with Gasteiger partial charge in [0.05, 0.1) is 57.5 Å². The van der Waals surface area contributed by atoms with Crippen molar-refractivity contribution in [3.8, 4) is 0 Å². The quantitative estimate of drug-likeness (QED) is 0.270. The number of carbonyl (C=O) groups excluding carboxylic acids is 1. The summed E-state index contributed by atoms with van der Waals surface area (Å²) in [6, 6.07) is 0. The molecule has 25 heavy (non-hydrogen) atoms. The summed E-state index contributed by atoms with van der Waals surface area (Å²) in [5, 5.41) is 9.15. The molecule has 1 N–H and O–H groups in total. The fourth-order valence-electron chi connectivity index (χ4n) is 1.61. The summed E-state index contributed by atoms with van der Waals surface area (Å²) in [5.74, 6) is -0.412. The number of esters is 1. The SMILES string of the molecule is C=C(C)C(=O)OCCOCC(C)OCC(C)OCC(C)OCC(C)O. The van der Waals surface area contributed by atoms with Crippen molar-refractivity contribution < 1.29 is 33.6 Å². The Morgan fingerprint density at radius 1 is 0.880 bits per heavy atom. The van der Waals surface area contributed by atoms with Crippen molar-refractivity contribution in [3.63, 3.8) is 0 Å². The van der Waals surface area contributed by atoms with E-state index in [2.05, 4.69) is 6.58 Å². The standard InChI is InChI=1S/C18H34O7/c1-13(2)18(20)22-8-7-21-10-15(4)24-12-17(6)25-11-16(5)23-9-14(3)19/h14-17,19H,1,7-12H2,2-6H3. The number of hydrogen-bond donors (Lipinski definition) is 1. The first kappa shape index (κ1) is 24.0. The molecule has 0 saturated carbocycles. The topological polar surface area (TPSA) is 83.5 Å². The molecular weight excluding hydrogens is 328 g/mol. The monoisotopic (exact) mass is 362 g/mol. The molecule has 0 aliphatic carbocycles. The summed E-state index contributed by atoms with van der Waals surface area (Å²) in [6.07, 6.45) is -0.725. The number of hydrogen-bond acceptors (Lipinski definition) is 7. The maximum absolute atomic E-state index is 11.2. The zero-order chi connectivity index (χ0) is 19.2. The van der Waals surface area contributed by atoms with E-state index in [-0.39, 0.29) is 24.9 Å². The third kappa shape index (κ3) is 15.0. The molecule has 0 saturated heterocycles. The van der Waals surface area contributed by atoms with Crippen LogP contribution in [-0.4, -0.2) is 75.1 Å². The van der Waals surface area contributed by atoms with Crippen LogP contribution in [0.15, 0.2) is 12.2 Å². The maximum atomic E-state index is 11.2. The van der Waals surface area contributed by atoms with E-state index >= 15 is 0 Å². The summed E-state index contributed by atoms with van der Waals surface area (Å²) in [4.78, 5) is 11.2. The van der Waals surface area contributed by atoms with E-state index in [1.54, 1.807) is 13.8 Å². The molecule has 7 heteroatoms. The van der Waals surface area contributed by atoms with Crippen LogP contribution >= 0.6 is 0 Å². The smallest absolute Gasteiger partial charge is 0.333 e. The first-order chi connectivity index (χ1) is 11.7. The van der Waals surface area contributed by atoms with Crippen molar-refractivity contribution in [3.05, 3.63) is 12.2 Å². The second kappa shape index (κ2) is 14.2. The summed E-state index contributed by atoms with van der Waals surface area (Å²) in [7, 11) is 0. The zero-order valence-corrected chi connectivity index (χ0v) is 16.2. The number of carbonyl (C=O) groups is 1. The van der Waals surface area contributed by atoms with Gasteiger partial charge in [-0.3, -0.25) is 0 Å². The van der Waals surface area contributed by atoms with Crippen LogP contribution < -0.4 is 0 Å². The Balaban J connectivity index is 3.62. The zero-order valence-electron chi connectivity index (χ0n) is 16.2. The second-order valence-corrected chi connectivity index (χ2v) is 6.27. The molecule has 0 aliphatic heterocycles. The molecule has 0 rings (SSSR count). The van der Waals surface area contributed by atoms with Gasteiger partial charge < -0.3 is 28.8 Å². The van der Waals surface area contributed by atoms with Crippen molar-refractivity contribution in [2.45, 2.75) is 59.0 Å². The fourth-order valence-corrected chi connectivity index (χ4v) is 1.61. The molecule has 0 fully saturated rings. The average Bonchev–Trinajstić information content (AvgIpc) is 2.55. The van der Waals surface area contributed by atoms with E-state index < -0.39 is 12.1 Å². The highest BCUT2D eigenvalue weighted by molar-refractivity contribution is 5.86. The highest BCUT2D eigenvalue weighted by atomic mass is 16.6. The van der Waals surface area contributed by atoms with Crippen molar-refractivity contribution in [2.75, 3.05) is 39.6 Å². The molecule has 0 aromatic heterocycles. The lowest BCUT2D eigenvalue weighted by atomic mass is 10.3. The minimum atomic E-state index is -0.478. The Kier molecular flexibility index (Phi) is 13.6. The first-order valence-electron chi connectivity index (χ1n) is 8.65. The summed E-state index contributed by atoms with van der Waals surface area (Å²) in [5.41, 5.74) is 0.372. The third-order valence-electron chi connectivity index (χ3n) is 3.01. The van der Waals surface area contributed by atoms with Crippen molar-refractivity contribution in [2.24, 2.45) is 0 Å². The predicted octanol–water partition coefficient (Wildman–Crippen LogP) is 1.72. The number of rotatable bonds is 15. The molecule has 0 heterocycles. The molecule has 4 atom stereocenters. The number of aliphatic hydroxyl groups is 1. The molecule has 0 aliphatic rings. The van der Waals surface area contributed by atoms with E-state index in [1.807, 2.05) is 20.8 Å². The van der Waals surface area contributed by atoms with Crippen LogP contribution in [0.25, 0.3) is 0 Å². The molecular formula is C18H34O7. The first-order valence-corrected chi connectivity index (χ1v) is 8.65. The molecule has 148 valence electrons. The molecule has 7 nitrogen and oxygen atoms in total. The van der Waals surface area contributed by atoms with E-state index in [4.69, 9.17) is 28.8 Å². The minimum Gasteiger partial charge on any atom is -0.460 e. The molecule has 4 unspecified atom stereocenters. The van der Waals surface area contributed by atoms with Gasteiger partial charge in [0.1, 0.15) is 6.61 Å². The lowest BCUT2D eigenvalue weighted by Crippen LogP contribution is -2.28. The number of aliphatic hydroxyl groups excluding tert-OH is 1. The summed E-state index contributed by atoms with van der Waals surface area (Å²) in [6.45, 7) is 14.6.